The lowest BCUT2D eigenvalue weighted by Gasteiger charge is -2.40. The zero-order valence-electron chi connectivity index (χ0n) is 18.9. The molecule has 2 aliphatic rings. The smallest absolute Gasteiger partial charge is 0.408 e. The molecule has 0 spiro atoms. The van der Waals surface area contributed by atoms with Gasteiger partial charge in [-0.25, -0.2) is 4.79 Å². The van der Waals surface area contributed by atoms with E-state index in [0.717, 1.165) is 32.1 Å². The molecule has 2 rings (SSSR count). The van der Waals surface area contributed by atoms with Crippen LogP contribution in [0.1, 0.15) is 73.1 Å². The predicted molar refractivity (Wildman–Crippen MR) is 111 cm³/mol. The van der Waals surface area contributed by atoms with Crippen molar-refractivity contribution in [2.75, 3.05) is 13.7 Å². The average Bonchev–Trinajstić information content (AvgIpc) is 3.09. The van der Waals surface area contributed by atoms with Crippen LogP contribution in [0.25, 0.3) is 0 Å². The molecular weight excluding hydrogens is 372 g/mol. The van der Waals surface area contributed by atoms with Gasteiger partial charge in [-0.05, 0) is 57.8 Å². The van der Waals surface area contributed by atoms with Crippen LogP contribution in [0.5, 0.6) is 0 Å². The summed E-state index contributed by atoms with van der Waals surface area (Å²) in [6.45, 7) is 10.2. The number of nitrogens with one attached hydrogen (secondary N) is 1. The van der Waals surface area contributed by atoms with Crippen molar-refractivity contribution in [1.29, 1.82) is 0 Å². The molecular formula is C22H40N2O5. The van der Waals surface area contributed by atoms with E-state index in [1.54, 1.807) is 0 Å². The summed E-state index contributed by atoms with van der Waals surface area (Å²) in [7, 11) is 1.39. The number of carbonyl (C=O) groups excluding carboxylic acids is 2. The Bertz CT molecular complexity index is 554. The van der Waals surface area contributed by atoms with Gasteiger partial charge in [-0.1, -0.05) is 33.1 Å². The fourth-order valence-corrected chi connectivity index (χ4v) is 4.85. The Balaban J connectivity index is 2.23. The molecule has 0 aromatic rings. The Kier molecular flexibility index (Phi) is 8.35. The Morgan fingerprint density at radius 1 is 1.10 bits per heavy atom. The molecule has 29 heavy (non-hydrogen) atoms. The number of nitrogens with zero attached hydrogens (tertiary/aromatic N) is 1. The van der Waals surface area contributed by atoms with Gasteiger partial charge >= 0.3 is 12.1 Å². The van der Waals surface area contributed by atoms with Crippen LogP contribution in [0.15, 0.2) is 0 Å². The number of hydrogen-bond donors (Lipinski definition) is 2. The maximum Gasteiger partial charge on any atom is 0.408 e. The van der Waals surface area contributed by atoms with E-state index in [-0.39, 0.29) is 17.8 Å². The van der Waals surface area contributed by atoms with E-state index in [2.05, 4.69) is 19.2 Å². The number of aliphatic hydroxyl groups excluding tert-OH is 1. The van der Waals surface area contributed by atoms with Crippen LogP contribution in [0, 0.1) is 17.8 Å². The van der Waals surface area contributed by atoms with Crippen LogP contribution in [0.3, 0.4) is 0 Å². The second kappa shape index (κ2) is 10.1. The third-order valence-electron chi connectivity index (χ3n) is 6.28. The minimum atomic E-state index is -0.960. The largest absolute Gasteiger partial charge is 0.468 e. The van der Waals surface area contributed by atoms with Crippen molar-refractivity contribution in [3.8, 4) is 0 Å². The van der Waals surface area contributed by atoms with Gasteiger partial charge in [-0.2, -0.15) is 0 Å². The lowest BCUT2D eigenvalue weighted by atomic mass is 9.82. The molecule has 7 heteroatoms. The number of hydrogen-bond acceptors (Lipinski definition) is 6. The number of amides is 1. The number of methoxy groups -OCH3 is 1. The van der Waals surface area contributed by atoms with Gasteiger partial charge in [-0.3, -0.25) is 9.69 Å². The van der Waals surface area contributed by atoms with Gasteiger partial charge in [0.15, 0.2) is 0 Å². The highest BCUT2D eigenvalue weighted by Crippen LogP contribution is 2.36. The normalized spacial score (nSPS) is 26.2. The number of esters is 1. The first-order chi connectivity index (χ1) is 13.5. The molecule has 0 aromatic heterocycles. The molecule has 0 radical (unpaired) electrons. The Morgan fingerprint density at radius 2 is 1.72 bits per heavy atom. The van der Waals surface area contributed by atoms with Crippen molar-refractivity contribution in [3.05, 3.63) is 0 Å². The molecule has 1 saturated carbocycles. The summed E-state index contributed by atoms with van der Waals surface area (Å²) in [4.78, 5) is 26.9. The van der Waals surface area contributed by atoms with Crippen molar-refractivity contribution in [1.82, 2.24) is 10.2 Å². The summed E-state index contributed by atoms with van der Waals surface area (Å²) in [5.74, 6) is 0.247. The number of carbonyl (C=O) groups is 2. The summed E-state index contributed by atoms with van der Waals surface area (Å²) < 4.78 is 10.5. The van der Waals surface area contributed by atoms with Gasteiger partial charge in [0.1, 0.15) is 17.9 Å². The summed E-state index contributed by atoms with van der Waals surface area (Å²) in [6.07, 6.45) is 4.56. The van der Waals surface area contributed by atoms with Gasteiger partial charge in [0.25, 0.3) is 0 Å². The number of alkyl carbamates (subject to hydrolysis) is 1. The van der Waals surface area contributed by atoms with Crippen molar-refractivity contribution in [3.63, 3.8) is 0 Å². The lowest BCUT2D eigenvalue weighted by Crippen LogP contribution is -2.59. The fraction of sp³-hybridized carbons (Fsp3) is 0.909. The topological polar surface area (TPSA) is 88.1 Å². The molecule has 1 amide bonds. The minimum Gasteiger partial charge on any atom is -0.468 e. The summed E-state index contributed by atoms with van der Waals surface area (Å²) in [5.41, 5.74) is -0.614. The first kappa shape index (κ1) is 23.9. The standard InChI is InChI=1S/C22H40N2O5/c1-14(2)16-12-13-24(18(16)20(26)28-6)19(25)17(15-10-8-7-9-11-15)23-21(27)29-22(3,4)5/h14-19,25H,7-13H2,1-6H3,(H,23,27)/t16?,17-,18-,19?/m0/s1. The number of likely N-dealkylation sites (tertiary alicyclic amines) is 1. The predicted octanol–water partition coefficient (Wildman–Crippen LogP) is 3.30. The summed E-state index contributed by atoms with van der Waals surface area (Å²) in [5, 5.41) is 14.3. The van der Waals surface area contributed by atoms with E-state index >= 15 is 0 Å². The quantitative estimate of drug-likeness (QED) is 0.651. The average molecular weight is 413 g/mol. The van der Waals surface area contributed by atoms with E-state index in [4.69, 9.17) is 9.47 Å². The van der Waals surface area contributed by atoms with Crippen LogP contribution >= 0.6 is 0 Å². The van der Waals surface area contributed by atoms with Crippen LogP contribution in [-0.4, -0.2) is 59.6 Å². The molecule has 168 valence electrons. The molecule has 2 fully saturated rings. The monoisotopic (exact) mass is 412 g/mol. The van der Waals surface area contributed by atoms with Gasteiger partial charge in [-0.15, -0.1) is 0 Å². The molecule has 1 aliphatic heterocycles. The molecule has 2 unspecified atom stereocenters. The van der Waals surface area contributed by atoms with E-state index in [9.17, 15) is 14.7 Å². The van der Waals surface area contributed by atoms with Gasteiger partial charge in [0.2, 0.25) is 0 Å². The van der Waals surface area contributed by atoms with E-state index in [1.165, 1.54) is 13.5 Å². The highest BCUT2D eigenvalue weighted by atomic mass is 16.6. The minimum absolute atomic E-state index is 0.116. The number of aliphatic hydroxyl groups is 1. The Hall–Kier alpha value is -1.34. The summed E-state index contributed by atoms with van der Waals surface area (Å²) in [6, 6.07) is -0.982. The van der Waals surface area contributed by atoms with Gasteiger partial charge < -0.3 is 19.9 Å². The number of ether oxygens (including phenoxy) is 2. The van der Waals surface area contributed by atoms with Gasteiger partial charge in [0, 0.05) is 6.54 Å². The molecule has 2 N–H and O–H groups in total. The first-order valence-corrected chi connectivity index (χ1v) is 11.1. The molecule has 1 saturated heterocycles. The Morgan fingerprint density at radius 3 is 2.24 bits per heavy atom. The van der Waals surface area contributed by atoms with Crippen molar-refractivity contribution in [2.45, 2.75) is 97.1 Å². The van der Waals surface area contributed by atoms with E-state index < -0.39 is 30.0 Å². The first-order valence-electron chi connectivity index (χ1n) is 11.1. The zero-order chi connectivity index (χ0) is 21.8. The molecule has 1 aliphatic carbocycles. The van der Waals surface area contributed by atoms with Crippen molar-refractivity contribution < 1.29 is 24.2 Å². The molecule has 0 aromatic carbocycles. The van der Waals surface area contributed by atoms with Crippen LogP contribution < -0.4 is 5.32 Å². The zero-order valence-corrected chi connectivity index (χ0v) is 18.9. The summed E-state index contributed by atoms with van der Waals surface area (Å²) >= 11 is 0. The highest BCUT2D eigenvalue weighted by molar-refractivity contribution is 5.76. The second-order valence-corrected chi connectivity index (χ2v) is 9.89. The molecule has 0 bridgehead atoms. The lowest BCUT2D eigenvalue weighted by molar-refractivity contribution is -0.154. The van der Waals surface area contributed by atoms with E-state index in [0.29, 0.717) is 12.5 Å². The Labute approximate surface area is 175 Å². The van der Waals surface area contributed by atoms with Gasteiger partial charge in [0.05, 0.1) is 13.2 Å². The number of rotatable bonds is 6. The van der Waals surface area contributed by atoms with Crippen LogP contribution in [0.4, 0.5) is 4.79 Å². The molecule has 7 nitrogen and oxygen atoms in total. The fourth-order valence-electron chi connectivity index (χ4n) is 4.85. The third kappa shape index (κ3) is 6.32. The molecule has 1 heterocycles. The third-order valence-corrected chi connectivity index (χ3v) is 6.28. The molecule has 4 atom stereocenters. The van der Waals surface area contributed by atoms with Crippen molar-refractivity contribution in [2.24, 2.45) is 17.8 Å². The van der Waals surface area contributed by atoms with Crippen LogP contribution in [0.2, 0.25) is 0 Å². The maximum atomic E-state index is 12.6. The second-order valence-electron chi connectivity index (χ2n) is 9.89. The SMILES string of the molecule is COC(=O)[C@@H]1C(C(C)C)CCN1C(O)[C@@H](NC(=O)OC(C)(C)C)C1CCCCC1. The van der Waals surface area contributed by atoms with E-state index in [1.807, 2.05) is 25.7 Å². The van der Waals surface area contributed by atoms with Crippen molar-refractivity contribution >= 4 is 12.1 Å². The highest BCUT2D eigenvalue weighted by Gasteiger charge is 2.47. The maximum absolute atomic E-state index is 12.6. The van der Waals surface area contributed by atoms with Crippen LogP contribution in [-0.2, 0) is 14.3 Å².